The molecule has 3 rings (SSSR count). The van der Waals surface area contributed by atoms with Gasteiger partial charge in [-0.15, -0.1) is 0 Å². The van der Waals surface area contributed by atoms with Crippen LogP contribution in [0.1, 0.15) is 27.0 Å². The van der Waals surface area contributed by atoms with Crippen LogP contribution in [0.4, 0.5) is 11.4 Å². The molecule has 37 heavy (non-hydrogen) atoms. The standard InChI is InChI=1S/C25H22N4O8/c26-21(24(31)27-22(25(32)33)11-15-5-2-1-3-6-15)10-16-7-4-8-17(9-16)23(30)18-12-19(28(34)35)14-20(13-18)29(36)37/h1-9,12-14,21-22H,10-11,26H2,(H,27,31)(H,32,33)/t21-,22-/m0/s1. The van der Waals surface area contributed by atoms with Gasteiger partial charge in [0.15, 0.2) is 5.78 Å². The number of amides is 1. The third-order valence-corrected chi connectivity index (χ3v) is 5.47. The molecule has 0 unspecified atom stereocenters. The summed E-state index contributed by atoms with van der Waals surface area (Å²) in [5.41, 5.74) is 5.80. The van der Waals surface area contributed by atoms with Crippen LogP contribution in [-0.4, -0.2) is 44.7 Å². The summed E-state index contributed by atoms with van der Waals surface area (Å²) >= 11 is 0. The number of hydrogen-bond donors (Lipinski definition) is 3. The van der Waals surface area contributed by atoms with Crippen molar-refractivity contribution in [2.24, 2.45) is 5.73 Å². The van der Waals surface area contributed by atoms with Gasteiger partial charge in [-0.2, -0.15) is 0 Å². The number of nitrogens with one attached hydrogen (secondary N) is 1. The molecule has 0 saturated carbocycles. The summed E-state index contributed by atoms with van der Waals surface area (Å²) in [6, 6.07) is 15.0. The number of hydrogen-bond acceptors (Lipinski definition) is 8. The van der Waals surface area contributed by atoms with E-state index >= 15 is 0 Å². The van der Waals surface area contributed by atoms with Crippen LogP contribution in [0.25, 0.3) is 0 Å². The molecule has 0 bridgehead atoms. The van der Waals surface area contributed by atoms with Gasteiger partial charge in [0.05, 0.1) is 22.0 Å². The van der Waals surface area contributed by atoms with Gasteiger partial charge in [0.1, 0.15) is 6.04 Å². The molecule has 0 saturated heterocycles. The molecule has 0 aliphatic rings. The summed E-state index contributed by atoms with van der Waals surface area (Å²) < 4.78 is 0. The van der Waals surface area contributed by atoms with Crippen molar-refractivity contribution in [3.05, 3.63) is 115 Å². The predicted molar refractivity (Wildman–Crippen MR) is 131 cm³/mol. The number of nitrogens with two attached hydrogens (primary N) is 1. The van der Waals surface area contributed by atoms with Crippen LogP contribution >= 0.6 is 0 Å². The van der Waals surface area contributed by atoms with Crippen molar-refractivity contribution in [2.75, 3.05) is 0 Å². The van der Waals surface area contributed by atoms with Crippen LogP contribution in [0, 0.1) is 20.2 Å². The number of ketones is 1. The summed E-state index contributed by atoms with van der Waals surface area (Å²) in [6.45, 7) is 0. The van der Waals surface area contributed by atoms with Crippen LogP contribution in [0.5, 0.6) is 0 Å². The smallest absolute Gasteiger partial charge is 0.326 e. The van der Waals surface area contributed by atoms with Crippen LogP contribution < -0.4 is 11.1 Å². The Morgan fingerprint density at radius 2 is 1.41 bits per heavy atom. The summed E-state index contributed by atoms with van der Waals surface area (Å²) in [6.07, 6.45) is 0.0215. The van der Waals surface area contributed by atoms with Crippen molar-refractivity contribution in [3.8, 4) is 0 Å². The Kier molecular flexibility index (Phi) is 8.38. The van der Waals surface area contributed by atoms with Crippen molar-refractivity contribution in [2.45, 2.75) is 24.9 Å². The molecule has 0 spiro atoms. The highest BCUT2D eigenvalue weighted by atomic mass is 16.6. The predicted octanol–water partition coefficient (Wildman–Crippen LogP) is 2.42. The lowest BCUT2D eigenvalue weighted by Crippen LogP contribution is -2.50. The van der Waals surface area contributed by atoms with Crippen molar-refractivity contribution < 1.29 is 29.3 Å². The highest BCUT2D eigenvalue weighted by Crippen LogP contribution is 2.25. The summed E-state index contributed by atoms with van der Waals surface area (Å²) in [7, 11) is 0. The van der Waals surface area contributed by atoms with Crippen LogP contribution in [-0.2, 0) is 22.4 Å². The Hall–Kier alpha value is -4.97. The highest BCUT2D eigenvalue weighted by Gasteiger charge is 2.25. The molecule has 0 aromatic heterocycles. The number of nitro benzene ring substituents is 2. The summed E-state index contributed by atoms with van der Waals surface area (Å²) in [5.74, 6) is -2.61. The van der Waals surface area contributed by atoms with Gasteiger partial charge in [-0.1, -0.05) is 48.5 Å². The fourth-order valence-electron chi connectivity index (χ4n) is 3.62. The van der Waals surface area contributed by atoms with E-state index in [1.807, 2.05) is 0 Å². The Balaban J connectivity index is 1.74. The number of rotatable bonds is 11. The van der Waals surface area contributed by atoms with E-state index in [-0.39, 0.29) is 24.0 Å². The number of carbonyl (C=O) groups excluding carboxylic acids is 2. The van der Waals surface area contributed by atoms with E-state index in [0.29, 0.717) is 5.56 Å². The van der Waals surface area contributed by atoms with E-state index in [2.05, 4.69) is 5.32 Å². The minimum absolute atomic E-state index is 0.0419. The third kappa shape index (κ3) is 7.02. The second kappa shape index (κ2) is 11.6. The lowest BCUT2D eigenvalue weighted by Gasteiger charge is -2.18. The molecule has 190 valence electrons. The second-order valence-electron chi connectivity index (χ2n) is 8.18. The molecule has 12 nitrogen and oxygen atoms in total. The molecule has 4 N–H and O–H groups in total. The lowest BCUT2D eigenvalue weighted by atomic mass is 9.97. The summed E-state index contributed by atoms with van der Waals surface area (Å²) in [5, 5.41) is 34.2. The van der Waals surface area contributed by atoms with Crippen LogP contribution in [0.15, 0.2) is 72.8 Å². The number of nitro groups is 2. The normalized spacial score (nSPS) is 12.2. The first-order valence-corrected chi connectivity index (χ1v) is 11.0. The van der Waals surface area contributed by atoms with Gasteiger partial charge >= 0.3 is 5.97 Å². The molecular weight excluding hydrogens is 484 g/mol. The zero-order chi connectivity index (χ0) is 27.1. The number of aliphatic carboxylic acids is 1. The van der Waals surface area contributed by atoms with Gasteiger partial charge in [-0.25, -0.2) is 4.79 Å². The number of carboxylic acid groups (broad SMARTS) is 1. The maximum absolute atomic E-state index is 12.9. The molecule has 12 heteroatoms. The van der Waals surface area contributed by atoms with E-state index < -0.39 is 51.0 Å². The van der Waals surface area contributed by atoms with Crippen LogP contribution in [0.3, 0.4) is 0 Å². The first-order valence-electron chi connectivity index (χ1n) is 11.0. The third-order valence-electron chi connectivity index (χ3n) is 5.47. The monoisotopic (exact) mass is 506 g/mol. The largest absolute Gasteiger partial charge is 0.480 e. The molecule has 1 amide bonds. The van der Waals surface area contributed by atoms with Crippen molar-refractivity contribution in [3.63, 3.8) is 0 Å². The fourth-order valence-corrected chi connectivity index (χ4v) is 3.62. The van der Waals surface area contributed by atoms with E-state index in [1.54, 1.807) is 36.4 Å². The second-order valence-corrected chi connectivity index (χ2v) is 8.18. The van der Waals surface area contributed by atoms with Gasteiger partial charge in [0.25, 0.3) is 11.4 Å². The van der Waals surface area contributed by atoms with E-state index in [1.165, 1.54) is 18.2 Å². The van der Waals surface area contributed by atoms with E-state index in [4.69, 9.17) is 5.73 Å². The number of non-ortho nitro benzene ring substituents is 2. The summed E-state index contributed by atoms with van der Waals surface area (Å²) in [4.78, 5) is 57.8. The maximum atomic E-state index is 12.9. The van der Waals surface area contributed by atoms with Gasteiger partial charge in [0.2, 0.25) is 5.91 Å². The number of nitrogens with zero attached hydrogens (tertiary/aromatic N) is 2. The molecule has 3 aromatic rings. The molecule has 3 aromatic carbocycles. The molecular formula is C25H22N4O8. The van der Waals surface area contributed by atoms with E-state index in [9.17, 15) is 39.7 Å². The number of benzene rings is 3. The Morgan fingerprint density at radius 1 is 0.811 bits per heavy atom. The Morgan fingerprint density at radius 3 is 1.97 bits per heavy atom. The molecule has 0 radical (unpaired) electrons. The van der Waals surface area contributed by atoms with Crippen LogP contribution in [0.2, 0.25) is 0 Å². The minimum Gasteiger partial charge on any atom is -0.480 e. The zero-order valence-electron chi connectivity index (χ0n) is 19.3. The number of carbonyl (C=O) groups is 3. The maximum Gasteiger partial charge on any atom is 0.326 e. The zero-order valence-corrected chi connectivity index (χ0v) is 19.3. The first kappa shape index (κ1) is 26.6. The quantitative estimate of drug-likeness (QED) is 0.199. The van der Waals surface area contributed by atoms with Crippen molar-refractivity contribution in [1.29, 1.82) is 0 Å². The first-order chi connectivity index (χ1) is 17.5. The SMILES string of the molecule is N[C@@H](Cc1cccc(C(=O)c2cc([N+](=O)[O-])cc([N+](=O)[O-])c2)c1)C(=O)N[C@@H](Cc1ccccc1)C(=O)O. The highest BCUT2D eigenvalue weighted by molar-refractivity contribution is 6.09. The van der Waals surface area contributed by atoms with Crippen molar-refractivity contribution >= 4 is 29.0 Å². The molecule has 0 fully saturated rings. The van der Waals surface area contributed by atoms with Crippen molar-refractivity contribution in [1.82, 2.24) is 5.32 Å². The van der Waals surface area contributed by atoms with Gasteiger partial charge < -0.3 is 16.2 Å². The fraction of sp³-hybridized carbons (Fsp3) is 0.160. The van der Waals surface area contributed by atoms with Gasteiger partial charge in [-0.3, -0.25) is 29.8 Å². The molecule has 0 aliphatic carbocycles. The number of carboxylic acids is 1. The molecule has 0 heterocycles. The lowest BCUT2D eigenvalue weighted by molar-refractivity contribution is -0.394. The van der Waals surface area contributed by atoms with Gasteiger partial charge in [-0.05, 0) is 23.6 Å². The van der Waals surface area contributed by atoms with E-state index in [0.717, 1.165) is 23.8 Å². The van der Waals surface area contributed by atoms with Gasteiger partial charge in [0, 0.05) is 29.7 Å². The topological polar surface area (TPSA) is 196 Å². The Labute approximate surface area is 210 Å². The Bertz CT molecular complexity index is 1330. The average Bonchev–Trinajstić information content (AvgIpc) is 2.88. The minimum atomic E-state index is -1.22. The molecule has 2 atom stereocenters. The average molecular weight is 506 g/mol. The molecule has 0 aliphatic heterocycles.